The molecule has 1 saturated carbocycles. The van der Waals surface area contributed by atoms with Crippen molar-refractivity contribution >= 4 is 18.1 Å². The summed E-state index contributed by atoms with van der Waals surface area (Å²) in [6.07, 6.45) is 0.448. The molecule has 0 radical (unpaired) electrons. The molecule has 0 spiro atoms. The molecule has 158 valence electrons. The summed E-state index contributed by atoms with van der Waals surface area (Å²) in [5.41, 5.74) is 0.861. The van der Waals surface area contributed by atoms with Crippen LogP contribution in [0.25, 0.3) is 0 Å². The molecule has 3 amide bonds. The van der Waals surface area contributed by atoms with Gasteiger partial charge in [0.2, 0.25) is 5.91 Å². The van der Waals surface area contributed by atoms with E-state index in [0.29, 0.717) is 32.2 Å². The number of aliphatic hydroxyl groups excluding tert-OH is 1. The number of carbonyl (C=O) groups excluding carboxylic acids is 2. The monoisotopic (exact) mass is 405 g/mol. The molecule has 3 rings (SSSR count). The van der Waals surface area contributed by atoms with Crippen LogP contribution in [0.3, 0.4) is 0 Å². The second kappa shape index (κ2) is 9.60. The Bertz CT molecular complexity index is 728. The molecule has 1 aliphatic carbocycles. The lowest BCUT2D eigenvalue weighted by atomic mass is 9.81. The van der Waals surface area contributed by atoms with Crippen LogP contribution in [0.4, 0.5) is 9.59 Å². The van der Waals surface area contributed by atoms with Gasteiger partial charge in [0, 0.05) is 31.2 Å². The molecule has 2 unspecified atom stereocenters. The number of hydrogen-bond donors (Lipinski definition) is 4. The molecule has 1 aliphatic heterocycles. The van der Waals surface area contributed by atoms with Gasteiger partial charge in [0.05, 0.1) is 0 Å². The van der Waals surface area contributed by atoms with E-state index in [2.05, 4.69) is 10.6 Å². The molecule has 2 fully saturated rings. The van der Waals surface area contributed by atoms with Gasteiger partial charge in [0.25, 0.3) is 0 Å². The largest absolute Gasteiger partial charge is 0.465 e. The predicted octanol–water partition coefficient (Wildman–Crippen LogP) is 1.31. The first-order chi connectivity index (χ1) is 14.0. The Morgan fingerprint density at radius 2 is 1.90 bits per heavy atom. The van der Waals surface area contributed by atoms with Gasteiger partial charge < -0.3 is 30.5 Å². The summed E-state index contributed by atoms with van der Waals surface area (Å²) in [5, 5.41) is 23.7. The summed E-state index contributed by atoms with van der Waals surface area (Å²) in [4.78, 5) is 37.4. The Labute approximate surface area is 169 Å². The molecule has 1 aromatic rings. The second-order valence-electron chi connectivity index (χ2n) is 7.55. The molecule has 4 atom stereocenters. The van der Waals surface area contributed by atoms with Gasteiger partial charge in [0.1, 0.15) is 12.6 Å². The van der Waals surface area contributed by atoms with Gasteiger partial charge in [-0.25, -0.2) is 9.59 Å². The standard InChI is InChI=1S/C20H27N3O6/c24-11-14-10-15(21-19(26)27)6-7-17(14)23-9-8-16(18(23)25)22-20(28)29-12-13-4-2-1-3-5-13/h1-5,14-17,21,24H,6-12H2,(H,22,28)(H,26,27)/t14-,15?,16?,17-/m0/s1. The third-order valence-corrected chi connectivity index (χ3v) is 5.65. The van der Waals surface area contributed by atoms with Crippen molar-refractivity contribution in [3.8, 4) is 0 Å². The van der Waals surface area contributed by atoms with Gasteiger partial charge in [0.15, 0.2) is 0 Å². The fourth-order valence-corrected chi connectivity index (χ4v) is 4.23. The number of carbonyl (C=O) groups is 3. The van der Waals surface area contributed by atoms with E-state index in [-0.39, 0.29) is 37.1 Å². The first kappa shape index (κ1) is 20.9. The van der Waals surface area contributed by atoms with E-state index in [1.54, 1.807) is 4.90 Å². The molecule has 4 N–H and O–H groups in total. The lowest BCUT2D eigenvalue weighted by Crippen LogP contribution is -2.52. The number of amides is 3. The highest BCUT2D eigenvalue weighted by molar-refractivity contribution is 5.87. The van der Waals surface area contributed by atoms with Gasteiger partial charge >= 0.3 is 12.2 Å². The van der Waals surface area contributed by atoms with E-state index in [0.717, 1.165) is 5.56 Å². The van der Waals surface area contributed by atoms with Crippen molar-refractivity contribution in [2.75, 3.05) is 13.2 Å². The highest BCUT2D eigenvalue weighted by Gasteiger charge is 2.42. The van der Waals surface area contributed by atoms with Crippen LogP contribution < -0.4 is 10.6 Å². The number of carboxylic acid groups (broad SMARTS) is 1. The number of alkyl carbamates (subject to hydrolysis) is 1. The first-order valence-electron chi connectivity index (χ1n) is 9.86. The lowest BCUT2D eigenvalue weighted by molar-refractivity contribution is -0.133. The highest BCUT2D eigenvalue weighted by atomic mass is 16.5. The molecule has 0 bridgehead atoms. The molecule has 2 aliphatic rings. The molecular formula is C20H27N3O6. The van der Waals surface area contributed by atoms with Crippen LogP contribution in [0.1, 0.15) is 31.2 Å². The van der Waals surface area contributed by atoms with Crippen LogP contribution in [0.2, 0.25) is 0 Å². The molecule has 1 saturated heterocycles. The number of nitrogens with zero attached hydrogens (tertiary/aromatic N) is 1. The molecule has 1 aromatic carbocycles. The molecule has 9 heteroatoms. The minimum atomic E-state index is -1.08. The molecule has 1 heterocycles. The Morgan fingerprint density at radius 3 is 2.59 bits per heavy atom. The zero-order valence-electron chi connectivity index (χ0n) is 16.1. The number of nitrogens with one attached hydrogen (secondary N) is 2. The molecule has 9 nitrogen and oxygen atoms in total. The molecule has 29 heavy (non-hydrogen) atoms. The Morgan fingerprint density at radius 1 is 1.14 bits per heavy atom. The summed E-state index contributed by atoms with van der Waals surface area (Å²) >= 11 is 0. The van der Waals surface area contributed by atoms with E-state index >= 15 is 0 Å². The van der Waals surface area contributed by atoms with Crippen LogP contribution >= 0.6 is 0 Å². The normalized spacial score (nSPS) is 26.8. The molecular weight excluding hydrogens is 378 g/mol. The van der Waals surface area contributed by atoms with Gasteiger partial charge in [-0.2, -0.15) is 0 Å². The van der Waals surface area contributed by atoms with Gasteiger partial charge in [-0.3, -0.25) is 4.79 Å². The van der Waals surface area contributed by atoms with E-state index in [9.17, 15) is 19.5 Å². The number of ether oxygens (including phenoxy) is 1. The van der Waals surface area contributed by atoms with Crippen molar-refractivity contribution in [1.82, 2.24) is 15.5 Å². The highest BCUT2D eigenvalue weighted by Crippen LogP contribution is 2.31. The van der Waals surface area contributed by atoms with Gasteiger partial charge in [-0.05, 0) is 31.2 Å². The minimum Gasteiger partial charge on any atom is -0.465 e. The smallest absolute Gasteiger partial charge is 0.408 e. The van der Waals surface area contributed by atoms with Crippen molar-refractivity contribution in [3.63, 3.8) is 0 Å². The number of likely N-dealkylation sites (tertiary alicyclic amines) is 1. The van der Waals surface area contributed by atoms with Crippen LogP contribution in [0.5, 0.6) is 0 Å². The van der Waals surface area contributed by atoms with Crippen LogP contribution in [-0.4, -0.2) is 64.5 Å². The van der Waals surface area contributed by atoms with Gasteiger partial charge in [-0.1, -0.05) is 30.3 Å². The SMILES string of the molecule is O=C(O)NC1CC[C@H](N2CCC(NC(=O)OCc3ccccc3)C2=O)[C@H](CO)C1. The summed E-state index contributed by atoms with van der Waals surface area (Å²) in [6.45, 7) is 0.495. The van der Waals surface area contributed by atoms with E-state index in [1.165, 1.54) is 0 Å². The van der Waals surface area contributed by atoms with E-state index in [1.807, 2.05) is 30.3 Å². The van der Waals surface area contributed by atoms with Crippen LogP contribution in [0, 0.1) is 5.92 Å². The zero-order chi connectivity index (χ0) is 20.8. The summed E-state index contributed by atoms with van der Waals surface area (Å²) in [7, 11) is 0. The van der Waals surface area contributed by atoms with Gasteiger partial charge in [-0.15, -0.1) is 0 Å². The minimum absolute atomic E-state index is 0.122. The maximum absolute atomic E-state index is 12.8. The number of hydrogen-bond acceptors (Lipinski definition) is 5. The van der Waals surface area contributed by atoms with Crippen molar-refractivity contribution in [3.05, 3.63) is 35.9 Å². The Kier molecular flexibility index (Phi) is 6.92. The third kappa shape index (κ3) is 5.38. The average molecular weight is 405 g/mol. The first-order valence-corrected chi connectivity index (χ1v) is 9.86. The van der Waals surface area contributed by atoms with Crippen molar-refractivity contribution in [2.45, 2.75) is 50.4 Å². The summed E-state index contributed by atoms with van der Waals surface area (Å²) in [5.74, 6) is -0.386. The second-order valence-corrected chi connectivity index (χ2v) is 7.55. The fraction of sp³-hybridized carbons (Fsp3) is 0.550. The molecule has 0 aromatic heterocycles. The third-order valence-electron chi connectivity index (χ3n) is 5.65. The lowest BCUT2D eigenvalue weighted by Gasteiger charge is -2.40. The summed E-state index contributed by atoms with van der Waals surface area (Å²) in [6, 6.07) is 8.25. The Hall–Kier alpha value is -2.81. The van der Waals surface area contributed by atoms with E-state index < -0.39 is 18.2 Å². The maximum Gasteiger partial charge on any atom is 0.408 e. The number of benzene rings is 1. The van der Waals surface area contributed by atoms with Crippen molar-refractivity contribution in [2.24, 2.45) is 5.92 Å². The van der Waals surface area contributed by atoms with E-state index in [4.69, 9.17) is 9.84 Å². The predicted molar refractivity (Wildman–Crippen MR) is 103 cm³/mol. The Balaban J connectivity index is 1.51. The average Bonchev–Trinajstić information content (AvgIpc) is 3.06. The number of rotatable bonds is 6. The number of aliphatic hydroxyl groups is 1. The van der Waals surface area contributed by atoms with Crippen LogP contribution in [-0.2, 0) is 16.1 Å². The fourth-order valence-electron chi connectivity index (χ4n) is 4.23. The topological polar surface area (TPSA) is 128 Å². The summed E-state index contributed by atoms with van der Waals surface area (Å²) < 4.78 is 5.19. The quantitative estimate of drug-likeness (QED) is 0.565. The van der Waals surface area contributed by atoms with Crippen molar-refractivity contribution < 1.29 is 29.3 Å². The zero-order valence-corrected chi connectivity index (χ0v) is 16.1. The maximum atomic E-state index is 12.8. The van der Waals surface area contributed by atoms with Crippen molar-refractivity contribution in [1.29, 1.82) is 0 Å². The van der Waals surface area contributed by atoms with Crippen LogP contribution in [0.15, 0.2) is 30.3 Å².